The molecule has 0 aliphatic carbocycles. The quantitative estimate of drug-likeness (QED) is 0.396. The zero-order valence-electron chi connectivity index (χ0n) is 14.8. The summed E-state index contributed by atoms with van der Waals surface area (Å²) in [7, 11) is -1.11. The van der Waals surface area contributed by atoms with Gasteiger partial charge in [-0.25, -0.2) is 4.79 Å². The van der Waals surface area contributed by atoms with Gasteiger partial charge in [0, 0.05) is 35.8 Å². The number of carbonyl (C=O) groups is 3. The highest BCUT2D eigenvalue weighted by Gasteiger charge is 2.50. The number of amides is 1. The molecule has 8 nitrogen and oxygen atoms in total. The van der Waals surface area contributed by atoms with Crippen LogP contribution in [0.25, 0.3) is 0 Å². The lowest BCUT2D eigenvalue weighted by atomic mass is 10.2. The van der Waals surface area contributed by atoms with Gasteiger partial charge in [-0.1, -0.05) is 11.8 Å². The Bertz CT molecular complexity index is 849. The molecular formula is C17H17NO7S2. The van der Waals surface area contributed by atoms with Crippen molar-refractivity contribution in [1.29, 1.82) is 0 Å². The van der Waals surface area contributed by atoms with Gasteiger partial charge in [-0.15, -0.1) is 0 Å². The van der Waals surface area contributed by atoms with Crippen molar-refractivity contribution in [3.63, 3.8) is 0 Å². The molecule has 0 radical (unpaired) electrons. The van der Waals surface area contributed by atoms with Crippen molar-refractivity contribution in [3.8, 4) is 5.75 Å². The van der Waals surface area contributed by atoms with Gasteiger partial charge in [-0.2, -0.15) is 0 Å². The van der Waals surface area contributed by atoms with E-state index >= 15 is 0 Å². The van der Waals surface area contributed by atoms with Crippen LogP contribution in [0.5, 0.6) is 5.75 Å². The lowest BCUT2D eigenvalue weighted by Crippen LogP contribution is -2.49. The van der Waals surface area contributed by atoms with Crippen molar-refractivity contribution in [2.45, 2.75) is 36.8 Å². The molecule has 2 aliphatic rings. The topological polar surface area (TPSA) is 99.2 Å². The Kier molecular flexibility index (Phi) is 5.56. The SMILES string of the molecule is CC(=O)O[C@@H](C)OC(=O)C1=C(Oc2ccc(S(C)=O)cc2)S[C@@H]2CC(=O)N12. The highest BCUT2D eigenvalue weighted by atomic mass is 32.2. The van der Waals surface area contributed by atoms with Gasteiger partial charge in [0.15, 0.2) is 10.8 Å². The molecule has 27 heavy (non-hydrogen) atoms. The number of benzene rings is 1. The average molecular weight is 411 g/mol. The summed E-state index contributed by atoms with van der Waals surface area (Å²) >= 11 is 1.24. The first kappa shape index (κ1) is 19.4. The first-order valence-corrected chi connectivity index (χ1v) is 10.4. The van der Waals surface area contributed by atoms with E-state index in [0.29, 0.717) is 17.1 Å². The molecule has 1 unspecified atom stereocenters. The highest BCUT2D eigenvalue weighted by Crippen LogP contribution is 2.47. The van der Waals surface area contributed by atoms with Gasteiger partial charge in [0.2, 0.25) is 12.2 Å². The van der Waals surface area contributed by atoms with Crippen molar-refractivity contribution >= 4 is 40.4 Å². The monoisotopic (exact) mass is 411 g/mol. The van der Waals surface area contributed by atoms with E-state index in [1.54, 1.807) is 30.5 Å². The fourth-order valence-corrected chi connectivity index (χ4v) is 4.31. The van der Waals surface area contributed by atoms with Crippen LogP contribution in [0.1, 0.15) is 20.3 Å². The Balaban J connectivity index is 1.81. The minimum Gasteiger partial charge on any atom is -0.448 e. The second-order valence-corrected chi connectivity index (χ2v) is 8.32. The molecule has 1 fully saturated rings. The molecule has 0 aromatic heterocycles. The normalized spacial score (nSPS) is 20.5. The zero-order valence-corrected chi connectivity index (χ0v) is 16.4. The summed E-state index contributed by atoms with van der Waals surface area (Å²) in [5, 5.41) is 0.0118. The summed E-state index contributed by atoms with van der Waals surface area (Å²) in [5.74, 6) is -1.18. The van der Waals surface area contributed by atoms with Gasteiger partial charge in [0.25, 0.3) is 0 Å². The molecule has 2 aliphatic heterocycles. The van der Waals surface area contributed by atoms with E-state index in [-0.39, 0.29) is 22.1 Å². The maximum atomic E-state index is 12.5. The fourth-order valence-electron chi connectivity index (χ4n) is 2.55. The number of esters is 2. The van der Waals surface area contributed by atoms with E-state index in [2.05, 4.69) is 0 Å². The van der Waals surface area contributed by atoms with Crippen molar-refractivity contribution < 1.29 is 32.8 Å². The molecule has 0 N–H and O–H groups in total. The van der Waals surface area contributed by atoms with Gasteiger partial charge < -0.3 is 14.2 Å². The number of hydrogen-bond acceptors (Lipinski definition) is 8. The Morgan fingerprint density at radius 2 is 1.93 bits per heavy atom. The third-order valence-electron chi connectivity index (χ3n) is 3.75. The largest absolute Gasteiger partial charge is 0.448 e. The third-order valence-corrected chi connectivity index (χ3v) is 5.82. The van der Waals surface area contributed by atoms with Crippen LogP contribution in [0.2, 0.25) is 0 Å². The Hall–Kier alpha value is -2.33. The highest BCUT2D eigenvalue weighted by molar-refractivity contribution is 8.03. The van der Waals surface area contributed by atoms with Gasteiger partial charge in [-0.05, 0) is 24.3 Å². The summed E-state index contributed by atoms with van der Waals surface area (Å²) < 4.78 is 27.1. The van der Waals surface area contributed by atoms with Crippen molar-refractivity contribution in [2.75, 3.05) is 6.26 Å². The molecule has 0 saturated carbocycles. The van der Waals surface area contributed by atoms with Crippen molar-refractivity contribution in [1.82, 2.24) is 4.90 Å². The van der Waals surface area contributed by atoms with E-state index in [1.165, 1.54) is 30.5 Å². The number of rotatable bonds is 6. The zero-order chi connectivity index (χ0) is 19.7. The minimum absolute atomic E-state index is 0.0107. The van der Waals surface area contributed by atoms with Gasteiger partial charge in [0.1, 0.15) is 5.75 Å². The van der Waals surface area contributed by atoms with Crippen LogP contribution in [0.15, 0.2) is 39.9 Å². The van der Waals surface area contributed by atoms with E-state index in [0.717, 1.165) is 0 Å². The molecule has 1 aromatic carbocycles. The number of carbonyl (C=O) groups excluding carboxylic acids is 3. The van der Waals surface area contributed by atoms with Crippen LogP contribution in [0, 0.1) is 0 Å². The van der Waals surface area contributed by atoms with Crippen molar-refractivity contribution in [3.05, 3.63) is 35.1 Å². The number of nitrogens with zero attached hydrogens (tertiary/aromatic N) is 1. The molecule has 1 aromatic rings. The van der Waals surface area contributed by atoms with Gasteiger partial charge in [0.05, 0.1) is 11.8 Å². The predicted octanol–water partition coefficient (Wildman–Crippen LogP) is 1.73. The van der Waals surface area contributed by atoms with E-state index < -0.39 is 29.0 Å². The van der Waals surface area contributed by atoms with Crippen LogP contribution in [-0.2, 0) is 34.7 Å². The third kappa shape index (κ3) is 4.16. The number of thioether (sulfide) groups is 1. The summed E-state index contributed by atoms with van der Waals surface area (Å²) in [4.78, 5) is 37.4. The Morgan fingerprint density at radius 3 is 2.48 bits per heavy atom. The molecular weight excluding hydrogens is 394 g/mol. The molecule has 0 spiro atoms. The molecule has 0 bridgehead atoms. The average Bonchev–Trinajstić information content (AvgIpc) is 2.86. The smallest absolute Gasteiger partial charge is 0.362 e. The Labute approximate surface area is 162 Å². The second-order valence-electron chi connectivity index (χ2n) is 5.79. The first-order valence-electron chi connectivity index (χ1n) is 7.99. The molecule has 3 rings (SSSR count). The minimum atomic E-state index is -1.11. The van der Waals surface area contributed by atoms with Crippen LogP contribution >= 0.6 is 11.8 Å². The summed E-state index contributed by atoms with van der Waals surface area (Å²) in [5.41, 5.74) is -0.0107. The molecule has 2 heterocycles. The van der Waals surface area contributed by atoms with Gasteiger partial charge >= 0.3 is 11.9 Å². The van der Waals surface area contributed by atoms with E-state index in [4.69, 9.17) is 14.2 Å². The molecule has 10 heteroatoms. The molecule has 144 valence electrons. The van der Waals surface area contributed by atoms with Gasteiger partial charge in [-0.3, -0.25) is 18.7 Å². The number of ether oxygens (including phenoxy) is 3. The summed E-state index contributed by atoms with van der Waals surface area (Å²) in [6.45, 7) is 2.60. The number of hydrogen-bond donors (Lipinski definition) is 0. The maximum Gasteiger partial charge on any atom is 0.362 e. The van der Waals surface area contributed by atoms with Crippen LogP contribution < -0.4 is 4.74 Å². The standard InChI is InChI=1S/C17H17NO7S2/c1-9(19)23-10(2)24-16(21)15-17(26-14-8-13(20)18(14)15)25-11-4-6-12(7-5-11)27(3)22/h4-7,10,14H,8H2,1-3H3/t10-,14-,27?/m1/s1. The maximum absolute atomic E-state index is 12.5. The summed E-state index contributed by atoms with van der Waals surface area (Å²) in [6, 6.07) is 6.58. The Morgan fingerprint density at radius 1 is 1.26 bits per heavy atom. The van der Waals surface area contributed by atoms with Crippen molar-refractivity contribution in [2.24, 2.45) is 0 Å². The lowest BCUT2D eigenvalue weighted by molar-refractivity contribution is -0.182. The number of β-lactam (4-membered cyclic amide) rings is 1. The molecule has 1 saturated heterocycles. The van der Waals surface area contributed by atoms with Crippen LogP contribution in [-0.4, -0.2) is 44.9 Å². The number of fused-ring (bicyclic) bond motifs is 1. The van der Waals surface area contributed by atoms with E-state index in [9.17, 15) is 18.6 Å². The fraction of sp³-hybridized carbons (Fsp3) is 0.353. The predicted molar refractivity (Wildman–Crippen MR) is 96.6 cm³/mol. The first-order chi connectivity index (χ1) is 12.8. The lowest BCUT2D eigenvalue weighted by Gasteiger charge is -2.33. The molecule has 3 atom stereocenters. The van der Waals surface area contributed by atoms with Crippen LogP contribution in [0.4, 0.5) is 0 Å². The summed E-state index contributed by atoms with van der Waals surface area (Å²) in [6.07, 6.45) is 0.768. The van der Waals surface area contributed by atoms with E-state index in [1.807, 2.05) is 0 Å². The van der Waals surface area contributed by atoms with Crippen LogP contribution in [0.3, 0.4) is 0 Å². The second kappa shape index (κ2) is 7.73. The molecule has 1 amide bonds.